The number of amides is 1. The molecule has 1 aromatic rings. The van der Waals surface area contributed by atoms with Crippen LogP contribution in [0.3, 0.4) is 0 Å². The number of carbonyl (C=O) groups is 2. The molecular formula is C11H11F3N2O3S. The van der Waals surface area contributed by atoms with Crippen molar-refractivity contribution in [3.63, 3.8) is 0 Å². The van der Waals surface area contributed by atoms with E-state index in [1.165, 1.54) is 5.38 Å². The van der Waals surface area contributed by atoms with Crippen molar-refractivity contribution in [2.24, 2.45) is 5.41 Å². The van der Waals surface area contributed by atoms with Gasteiger partial charge >= 0.3 is 12.1 Å². The summed E-state index contributed by atoms with van der Waals surface area (Å²) in [6, 6.07) is 0. The minimum atomic E-state index is -4.89. The Kier molecular flexibility index (Phi) is 3.49. The van der Waals surface area contributed by atoms with Gasteiger partial charge in [0.25, 0.3) is 5.91 Å². The minimum absolute atomic E-state index is 0.221. The zero-order chi connectivity index (χ0) is 15.1. The van der Waals surface area contributed by atoms with Gasteiger partial charge < -0.3 is 10.0 Å². The molecule has 0 bridgehead atoms. The van der Waals surface area contributed by atoms with Gasteiger partial charge in [-0.2, -0.15) is 17.5 Å². The Morgan fingerprint density at radius 2 is 2.15 bits per heavy atom. The van der Waals surface area contributed by atoms with Crippen LogP contribution in [0.5, 0.6) is 0 Å². The van der Waals surface area contributed by atoms with Crippen molar-refractivity contribution in [3.8, 4) is 0 Å². The first-order valence-corrected chi connectivity index (χ1v) is 6.53. The van der Waals surface area contributed by atoms with Gasteiger partial charge in [-0.25, -0.2) is 0 Å². The van der Waals surface area contributed by atoms with Crippen LogP contribution in [0.15, 0.2) is 5.38 Å². The number of carboxylic acids is 1. The summed E-state index contributed by atoms with van der Waals surface area (Å²) in [5.74, 6) is -2.55. The highest BCUT2D eigenvalue weighted by Gasteiger charge is 2.64. The minimum Gasteiger partial charge on any atom is -0.481 e. The van der Waals surface area contributed by atoms with Crippen LogP contribution < -0.4 is 0 Å². The lowest BCUT2D eigenvalue weighted by molar-refractivity contribution is -0.227. The van der Waals surface area contributed by atoms with Gasteiger partial charge in [0.15, 0.2) is 5.41 Å². The lowest BCUT2D eigenvalue weighted by Crippen LogP contribution is -2.47. The Morgan fingerprint density at radius 1 is 1.50 bits per heavy atom. The van der Waals surface area contributed by atoms with E-state index in [2.05, 4.69) is 4.37 Å². The van der Waals surface area contributed by atoms with Crippen LogP contribution in [0.4, 0.5) is 13.2 Å². The molecule has 0 spiro atoms. The summed E-state index contributed by atoms with van der Waals surface area (Å²) < 4.78 is 42.9. The first-order valence-electron chi connectivity index (χ1n) is 5.69. The Bertz CT molecular complexity index is 557. The maximum absolute atomic E-state index is 13.0. The molecule has 0 radical (unpaired) electrons. The lowest BCUT2D eigenvalue weighted by atomic mass is 9.86. The molecule has 0 aliphatic carbocycles. The van der Waals surface area contributed by atoms with E-state index in [1.54, 1.807) is 6.92 Å². The zero-order valence-electron chi connectivity index (χ0n) is 10.4. The Hall–Kier alpha value is -1.64. The molecule has 9 heteroatoms. The molecular weight excluding hydrogens is 297 g/mol. The molecule has 1 aliphatic heterocycles. The number of aryl methyl sites for hydroxylation is 1. The maximum Gasteiger partial charge on any atom is 0.406 e. The smallest absolute Gasteiger partial charge is 0.406 e. The number of hydrogen-bond donors (Lipinski definition) is 1. The van der Waals surface area contributed by atoms with Crippen LogP contribution in [-0.2, 0) is 4.79 Å². The molecule has 1 aliphatic rings. The van der Waals surface area contributed by atoms with E-state index < -0.39 is 36.4 Å². The number of carboxylic acid groups (broad SMARTS) is 1. The summed E-state index contributed by atoms with van der Waals surface area (Å²) in [7, 11) is 0. The van der Waals surface area contributed by atoms with Crippen molar-refractivity contribution in [3.05, 3.63) is 16.6 Å². The second kappa shape index (κ2) is 4.72. The Labute approximate surface area is 116 Å². The Balaban J connectivity index is 2.26. The number of alkyl halides is 3. The number of aromatic nitrogens is 1. The summed E-state index contributed by atoms with van der Waals surface area (Å²) in [5.41, 5.74) is -2.22. The van der Waals surface area contributed by atoms with Crippen molar-refractivity contribution >= 4 is 23.4 Å². The highest BCUT2D eigenvalue weighted by molar-refractivity contribution is 7.03. The number of likely N-dealkylation sites (tertiary alicyclic amines) is 1. The maximum atomic E-state index is 13.0. The second-order valence-corrected chi connectivity index (χ2v) is 5.30. The van der Waals surface area contributed by atoms with E-state index in [9.17, 15) is 22.8 Å². The van der Waals surface area contributed by atoms with Crippen molar-refractivity contribution in [2.75, 3.05) is 13.1 Å². The number of rotatable bonds is 2. The van der Waals surface area contributed by atoms with E-state index in [1.807, 2.05) is 0 Å². The molecule has 20 heavy (non-hydrogen) atoms. The van der Waals surface area contributed by atoms with Crippen molar-refractivity contribution < 1.29 is 27.9 Å². The topological polar surface area (TPSA) is 70.5 Å². The van der Waals surface area contributed by atoms with E-state index >= 15 is 0 Å². The number of nitrogens with zero attached hydrogens (tertiary/aromatic N) is 2. The number of hydrogen-bond acceptors (Lipinski definition) is 4. The van der Waals surface area contributed by atoms with Gasteiger partial charge in [-0.05, 0) is 24.9 Å². The fourth-order valence-corrected chi connectivity index (χ4v) is 2.86. The van der Waals surface area contributed by atoms with Crippen LogP contribution in [0.2, 0.25) is 0 Å². The molecule has 1 saturated heterocycles. The van der Waals surface area contributed by atoms with Gasteiger partial charge in [-0.15, -0.1) is 0 Å². The second-order valence-electron chi connectivity index (χ2n) is 4.68. The van der Waals surface area contributed by atoms with Crippen molar-refractivity contribution in [1.29, 1.82) is 0 Å². The molecule has 1 atom stereocenters. The average molecular weight is 308 g/mol. The summed E-state index contributed by atoms with van der Waals surface area (Å²) in [5, 5.41) is 10.4. The zero-order valence-corrected chi connectivity index (χ0v) is 11.2. The predicted octanol–water partition coefficient (Wildman–Crippen LogP) is 1.93. The first kappa shape index (κ1) is 14.8. The summed E-state index contributed by atoms with van der Waals surface area (Å²) in [4.78, 5) is 24.1. The van der Waals surface area contributed by atoms with Crippen LogP contribution in [0.1, 0.15) is 22.5 Å². The Morgan fingerprint density at radius 3 is 2.55 bits per heavy atom. The highest BCUT2D eigenvalue weighted by atomic mass is 32.1. The normalized spacial score (nSPS) is 23.1. The molecule has 1 fully saturated rings. The van der Waals surface area contributed by atoms with Gasteiger partial charge in [0.1, 0.15) is 0 Å². The number of aliphatic carboxylic acids is 1. The summed E-state index contributed by atoms with van der Waals surface area (Å²) in [6.07, 6.45) is -5.52. The fraction of sp³-hybridized carbons (Fsp3) is 0.545. The molecule has 110 valence electrons. The van der Waals surface area contributed by atoms with Crippen LogP contribution in [0, 0.1) is 12.3 Å². The molecule has 0 saturated carbocycles. The molecule has 1 unspecified atom stereocenters. The average Bonchev–Trinajstić information content (AvgIpc) is 2.93. The molecule has 2 heterocycles. The predicted molar refractivity (Wildman–Crippen MR) is 63.5 cm³/mol. The molecule has 1 aromatic heterocycles. The molecule has 0 aromatic carbocycles. The number of carbonyl (C=O) groups excluding carboxylic acids is 1. The third kappa shape index (κ3) is 2.15. The van der Waals surface area contributed by atoms with Crippen molar-refractivity contribution in [2.45, 2.75) is 19.5 Å². The molecule has 5 nitrogen and oxygen atoms in total. The quantitative estimate of drug-likeness (QED) is 0.906. The number of halogens is 3. The SMILES string of the molecule is Cc1nscc1C(=O)N1CCC(C(=O)O)(C(F)(F)F)C1. The standard InChI is InChI=1S/C11H11F3N2O3S/c1-6-7(4-20-15-6)8(17)16-3-2-10(5-16,9(18)19)11(12,13)14/h4H,2-3,5H2,1H3,(H,18,19). The van der Waals surface area contributed by atoms with Crippen LogP contribution in [0.25, 0.3) is 0 Å². The first-order chi connectivity index (χ1) is 9.19. The highest BCUT2D eigenvalue weighted by Crippen LogP contribution is 2.46. The van der Waals surface area contributed by atoms with Crippen molar-refractivity contribution in [1.82, 2.24) is 9.27 Å². The van der Waals surface area contributed by atoms with Gasteiger partial charge in [-0.1, -0.05) is 0 Å². The van der Waals surface area contributed by atoms with E-state index in [4.69, 9.17) is 5.11 Å². The van der Waals surface area contributed by atoms with Gasteiger partial charge in [0.2, 0.25) is 0 Å². The molecule has 1 N–H and O–H groups in total. The van der Waals surface area contributed by atoms with Gasteiger partial charge in [0.05, 0.1) is 11.3 Å². The lowest BCUT2D eigenvalue weighted by Gasteiger charge is -2.27. The van der Waals surface area contributed by atoms with E-state index in [0.717, 1.165) is 16.4 Å². The third-order valence-electron chi connectivity index (χ3n) is 3.49. The summed E-state index contributed by atoms with van der Waals surface area (Å²) in [6.45, 7) is 0.480. The molecule has 1 amide bonds. The largest absolute Gasteiger partial charge is 0.481 e. The van der Waals surface area contributed by atoms with E-state index in [0.29, 0.717) is 5.69 Å². The summed E-state index contributed by atoms with van der Waals surface area (Å²) >= 11 is 1.03. The van der Waals surface area contributed by atoms with Gasteiger partial charge in [0, 0.05) is 18.5 Å². The third-order valence-corrected chi connectivity index (χ3v) is 4.21. The van der Waals surface area contributed by atoms with Gasteiger partial charge in [-0.3, -0.25) is 9.59 Å². The van der Waals surface area contributed by atoms with Crippen LogP contribution in [-0.4, -0.2) is 45.5 Å². The fourth-order valence-electron chi connectivity index (χ4n) is 2.18. The monoisotopic (exact) mass is 308 g/mol. The molecule has 2 rings (SSSR count). The van der Waals surface area contributed by atoms with E-state index in [-0.39, 0.29) is 12.1 Å². The van der Waals surface area contributed by atoms with Crippen LogP contribution >= 0.6 is 11.5 Å².